The number of esters is 1. The number of nitrogens with one attached hydrogen (secondary N) is 1. The zero-order valence-corrected chi connectivity index (χ0v) is 24.8. The van der Waals surface area contributed by atoms with Crippen molar-refractivity contribution in [3.05, 3.63) is 57.5 Å². The first-order chi connectivity index (χ1) is 19.9. The van der Waals surface area contributed by atoms with Crippen molar-refractivity contribution in [2.24, 2.45) is 23.9 Å². The molecule has 3 aliphatic rings. The van der Waals surface area contributed by atoms with E-state index in [-0.39, 0.29) is 23.7 Å². The lowest BCUT2D eigenvalue weighted by molar-refractivity contribution is -0.150. The predicted octanol–water partition coefficient (Wildman–Crippen LogP) is 5.04. The van der Waals surface area contributed by atoms with Gasteiger partial charge in [-0.3, -0.25) is 14.6 Å². The molecule has 0 radical (unpaired) electrons. The van der Waals surface area contributed by atoms with Gasteiger partial charge in [0.1, 0.15) is 24.5 Å². The number of hydrogen-bond donors (Lipinski definition) is 1. The summed E-state index contributed by atoms with van der Waals surface area (Å²) in [4.78, 5) is 30.0. The molecule has 1 aromatic heterocycles. The number of aryl methyl sites for hydroxylation is 3. The summed E-state index contributed by atoms with van der Waals surface area (Å²) in [5.41, 5.74) is 5.01. The molecule has 2 aromatic rings. The lowest BCUT2D eigenvalue weighted by Crippen LogP contribution is -2.39. The number of carbonyl (C=O) groups is 1. The van der Waals surface area contributed by atoms with Crippen LogP contribution < -0.4 is 15.6 Å². The molecule has 1 aromatic carbocycles. The molecule has 41 heavy (non-hydrogen) atoms. The number of rotatable bonds is 10. The fourth-order valence-electron chi connectivity index (χ4n) is 6.38. The topological polar surface area (TPSA) is 91.2 Å². The zero-order chi connectivity index (χ0) is 28.8. The number of benzene rings is 1. The molecule has 2 fully saturated rings. The minimum absolute atomic E-state index is 0.0285. The molecule has 1 aliphatic carbocycles. The Hall–Kier alpha value is -2.97. The summed E-state index contributed by atoms with van der Waals surface area (Å²) in [6, 6.07) is 7.77. The number of ether oxygens (including phenoxy) is 3. The van der Waals surface area contributed by atoms with Crippen molar-refractivity contribution in [2.75, 3.05) is 26.4 Å². The third-order valence-electron chi connectivity index (χ3n) is 8.82. The Kier molecular flexibility index (Phi) is 9.93. The number of pyridine rings is 1. The van der Waals surface area contributed by atoms with Crippen molar-refractivity contribution < 1.29 is 19.0 Å². The summed E-state index contributed by atoms with van der Waals surface area (Å²) in [5.74, 6) is 1.56. The van der Waals surface area contributed by atoms with Crippen LogP contribution in [0.15, 0.2) is 40.2 Å². The molecule has 2 aliphatic heterocycles. The van der Waals surface area contributed by atoms with Gasteiger partial charge in [-0.2, -0.15) is 0 Å². The molecule has 8 heteroatoms. The number of nitrogens with zero attached hydrogens (tertiary/aromatic N) is 2. The van der Waals surface area contributed by atoms with Crippen LogP contribution in [0.25, 0.3) is 0 Å². The molecule has 5 rings (SSSR count). The third kappa shape index (κ3) is 7.66. The Morgan fingerprint density at radius 3 is 2.68 bits per heavy atom. The maximum Gasteiger partial charge on any atom is 0.323 e. The van der Waals surface area contributed by atoms with E-state index in [0.717, 1.165) is 99.3 Å². The standard InChI is InChI=1S/C33H45N3O5/c1-22-18-27(21-36(3)32(22)37)31-26(19-24-12-15-39-16-13-24)9-8-25-20-29(10-11-30(25)35-31)40-17-14-34-23(2)33(38)41-28-6-4-5-7-28/h10-11,18,20-21,23-24,26,28,34H,4-9,12-17,19H2,1-3H3/t23-,26-/m0/s1. The SMILES string of the molecule is Cc1cc(C2=Nc3ccc(OCCN[C@@H](C)C(=O)OC4CCCC4)cc3CC[C@H]2CC2CCOCC2)cn(C)c1=O. The second kappa shape index (κ2) is 13.8. The van der Waals surface area contributed by atoms with Crippen molar-refractivity contribution in [1.82, 2.24) is 9.88 Å². The number of aliphatic imine (C=N–C) groups is 1. The first-order valence-electron chi connectivity index (χ1n) is 15.4. The van der Waals surface area contributed by atoms with Gasteiger partial charge in [0.15, 0.2) is 0 Å². The molecule has 0 unspecified atom stereocenters. The van der Waals surface area contributed by atoms with Crippen LogP contribution in [0.2, 0.25) is 0 Å². The molecule has 0 bridgehead atoms. The minimum Gasteiger partial charge on any atom is -0.492 e. The number of aromatic nitrogens is 1. The summed E-state index contributed by atoms with van der Waals surface area (Å²) in [7, 11) is 1.81. The van der Waals surface area contributed by atoms with Crippen LogP contribution in [0, 0.1) is 18.8 Å². The van der Waals surface area contributed by atoms with Gasteiger partial charge in [-0.05, 0) is 107 Å². The van der Waals surface area contributed by atoms with Crippen LogP contribution in [0.3, 0.4) is 0 Å². The molecule has 0 spiro atoms. The molecule has 8 nitrogen and oxygen atoms in total. The van der Waals surface area contributed by atoms with Gasteiger partial charge in [-0.1, -0.05) is 0 Å². The average molecular weight is 564 g/mol. The fourth-order valence-corrected chi connectivity index (χ4v) is 6.38. The van der Waals surface area contributed by atoms with Crippen molar-refractivity contribution in [3.63, 3.8) is 0 Å². The lowest BCUT2D eigenvalue weighted by atomic mass is 9.82. The minimum atomic E-state index is -0.354. The molecule has 0 amide bonds. The Balaban J connectivity index is 1.25. The molecule has 1 saturated carbocycles. The predicted molar refractivity (Wildman–Crippen MR) is 160 cm³/mol. The molecule has 2 atom stereocenters. The quantitative estimate of drug-likeness (QED) is 0.322. The van der Waals surface area contributed by atoms with Crippen LogP contribution in [0.4, 0.5) is 5.69 Å². The van der Waals surface area contributed by atoms with Gasteiger partial charge in [0, 0.05) is 50.0 Å². The van der Waals surface area contributed by atoms with E-state index in [2.05, 4.69) is 11.4 Å². The summed E-state index contributed by atoms with van der Waals surface area (Å²) in [6.07, 6.45) is 11.4. The molecular formula is C33H45N3O5. The smallest absolute Gasteiger partial charge is 0.323 e. The van der Waals surface area contributed by atoms with E-state index in [0.29, 0.717) is 25.0 Å². The number of fused-ring (bicyclic) bond motifs is 1. The summed E-state index contributed by atoms with van der Waals surface area (Å²) < 4.78 is 19.0. The van der Waals surface area contributed by atoms with E-state index >= 15 is 0 Å². The highest BCUT2D eigenvalue weighted by Gasteiger charge is 2.27. The van der Waals surface area contributed by atoms with E-state index in [1.54, 1.807) is 4.57 Å². The molecule has 3 heterocycles. The highest BCUT2D eigenvalue weighted by atomic mass is 16.5. The van der Waals surface area contributed by atoms with Gasteiger partial charge >= 0.3 is 5.97 Å². The summed E-state index contributed by atoms with van der Waals surface area (Å²) in [6.45, 7) is 6.40. The van der Waals surface area contributed by atoms with Gasteiger partial charge in [-0.25, -0.2) is 0 Å². The largest absolute Gasteiger partial charge is 0.492 e. The Labute approximate surface area is 243 Å². The Bertz CT molecular complexity index is 1260. The van der Waals surface area contributed by atoms with Gasteiger partial charge in [-0.15, -0.1) is 0 Å². The van der Waals surface area contributed by atoms with Crippen molar-refractivity contribution >= 4 is 17.4 Å². The molecule has 222 valence electrons. The maximum atomic E-state index is 12.4. The van der Waals surface area contributed by atoms with Crippen molar-refractivity contribution in [2.45, 2.75) is 83.8 Å². The van der Waals surface area contributed by atoms with E-state index in [1.807, 2.05) is 45.3 Å². The van der Waals surface area contributed by atoms with Crippen LogP contribution in [-0.4, -0.2) is 54.8 Å². The van der Waals surface area contributed by atoms with E-state index in [4.69, 9.17) is 19.2 Å². The van der Waals surface area contributed by atoms with E-state index < -0.39 is 0 Å². The van der Waals surface area contributed by atoms with Crippen molar-refractivity contribution in [1.29, 1.82) is 0 Å². The van der Waals surface area contributed by atoms with Crippen LogP contribution in [0.1, 0.15) is 75.0 Å². The Morgan fingerprint density at radius 2 is 1.93 bits per heavy atom. The van der Waals surface area contributed by atoms with Gasteiger partial charge < -0.3 is 24.1 Å². The number of hydrogen-bond acceptors (Lipinski definition) is 7. The molecule has 1 saturated heterocycles. The van der Waals surface area contributed by atoms with Crippen molar-refractivity contribution in [3.8, 4) is 5.75 Å². The second-order valence-electron chi connectivity index (χ2n) is 12.0. The van der Waals surface area contributed by atoms with Gasteiger partial charge in [0.05, 0.1) is 11.4 Å². The normalized spacial score (nSPS) is 20.7. The first kappa shape index (κ1) is 29.5. The zero-order valence-electron chi connectivity index (χ0n) is 24.8. The molecule has 1 N–H and O–H groups in total. The molecular weight excluding hydrogens is 518 g/mol. The van der Waals surface area contributed by atoms with E-state index in [9.17, 15) is 9.59 Å². The van der Waals surface area contributed by atoms with Gasteiger partial charge in [0.25, 0.3) is 5.56 Å². The lowest BCUT2D eigenvalue weighted by Gasteiger charge is -2.27. The van der Waals surface area contributed by atoms with Crippen LogP contribution in [0.5, 0.6) is 5.75 Å². The second-order valence-corrected chi connectivity index (χ2v) is 12.0. The average Bonchev–Trinajstić information content (AvgIpc) is 3.42. The van der Waals surface area contributed by atoms with Crippen LogP contribution in [-0.2, 0) is 27.7 Å². The Morgan fingerprint density at radius 1 is 1.15 bits per heavy atom. The van der Waals surface area contributed by atoms with Crippen LogP contribution >= 0.6 is 0 Å². The monoisotopic (exact) mass is 563 g/mol. The maximum absolute atomic E-state index is 12.4. The first-order valence-corrected chi connectivity index (χ1v) is 15.4. The highest BCUT2D eigenvalue weighted by molar-refractivity contribution is 6.04. The summed E-state index contributed by atoms with van der Waals surface area (Å²) >= 11 is 0. The van der Waals surface area contributed by atoms with E-state index in [1.165, 1.54) is 5.56 Å². The highest BCUT2D eigenvalue weighted by Crippen LogP contribution is 2.36. The van der Waals surface area contributed by atoms with Gasteiger partial charge in [0.2, 0.25) is 0 Å². The third-order valence-corrected chi connectivity index (χ3v) is 8.82. The fraction of sp³-hybridized carbons (Fsp3) is 0.606. The summed E-state index contributed by atoms with van der Waals surface area (Å²) in [5, 5.41) is 3.23. The number of carbonyl (C=O) groups excluding carboxylic acids is 1.